The minimum absolute atomic E-state index is 0.0421. The van der Waals surface area contributed by atoms with Crippen LogP contribution in [0.5, 0.6) is 0 Å². The van der Waals surface area contributed by atoms with Crippen molar-refractivity contribution in [2.45, 2.75) is 31.6 Å². The van der Waals surface area contributed by atoms with Crippen LogP contribution in [0.4, 0.5) is 0 Å². The maximum absolute atomic E-state index is 13.0. The molecule has 37 heavy (non-hydrogen) atoms. The average Bonchev–Trinajstić information content (AvgIpc) is 3.21. The van der Waals surface area contributed by atoms with Gasteiger partial charge in [0.2, 0.25) is 0 Å². The molecule has 0 saturated carbocycles. The summed E-state index contributed by atoms with van der Waals surface area (Å²) in [6, 6.07) is 32.3. The molecule has 0 N–H and O–H groups in total. The Bertz CT molecular complexity index is 1380. The standard InChI is InChI=1S/C33H30O4/c1-32(2,3)27-19-12-20-28-29(27)25-17-10-11-18-26(25)33(28,21-36-30(34)23-13-6-4-7-14-23)22-37-31(35)24-15-8-5-9-16-24/h4-20H,21-22H2,1-3H3. The number of hydrogen-bond acceptors (Lipinski definition) is 4. The molecule has 0 aromatic heterocycles. The van der Waals surface area contributed by atoms with Crippen molar-refractivity contribution in [3.8, 4) is 11.1 Å². The van der Waals surface area contributed by atoms with Gasteiger partial charge < -0.3 is 9.47 Å². The van der Waals surface area contributed by atoms with E-state index in [2.05, 4.69) is 45.0 Å². The fourth-order valence-electron chi connectivity index (χ4n) is 5.18. The van der Waals surface area contributed by atoms with Crippen LogP contribution in [0, 0.1) is 0 Å². The van der Waals surface area contributed by atoms with Gasteiger partial charge >= 0.3 is 11.9 Å². The van der Waals surface area contributed by atoms with E-state index in [1.165, 1.54) is 5.56 Å². The summed E-state index contributed by atoms with van der Waals surface area (Å²) >= 11 is 0. The smallest absolute Gasteiger partial charge is 0.338 e. The number of hydrogen-bond donors (Lipinski definition) is 0. The Morgan fingerprint density at radius 1 is 0.622 bits per heavy atom. The van der Waals surface area contributed by atoms with Gasteiger partial charge in [-0.2, -0.15) is 0 Å². The van der Waals surface area contributed by atoms with Crippen molar-refractivity contribution >= 4 is 11.9 Å². The molecule has 4 heteroatoms. The number of fused-ring (bicyclic) bond motifs is 3. The zero-order valence-electron chi connectivity index (χ0n) is 21.4. The van der Waals surface area contributed by atoms with Gasteiger partial charge in [0.25, 0.3) is 0 Å². The first-order valence-electron chi connectivity index (χ1n) is 12.5. The number of esters is 2. The van der Waals surface area contributed by atoms with Crippen molar-refractivity contribution in [3.05, 3.63) is 131 Å². The van der Waals surface area contributed by atoms with E-state index < -0.39 is 17.4 Å². The molecule has 4 aromatic rings. The summed E-state index contributed by atoms with van der Waals surface area (Å²) in [5.74, 6) is -0.820. The van der Waals surface area contributed by atoms with E-state index in [0.717, 1.165) is 22.3 Å². The quantitative estimate of drug-likeness (QED) is 0.274. The summed E-state index contributed by atoms with van der Waals surface area (Å²) in [6.07, 6.45) is 0. The number of rotatable bonds is 6. The van der Waals surface area contributed by atoms with E-state index in [1.807, 2.05) is 54.6 Å². The largest absolute Gasteiger partial charge is 0.461 e. The van der Waals surface area contributed by atoms with Crippen LogP contribution in [0.2, 0.25) is 0 Å². The fourth-order valence-corrected chi connectivity index (χ4v) is 5.18. The molecule has 1 aliphatic carbocycles. The maximum atomic E-state index is 13.0. The molecule has 0 amide bonds. The van der Waals surface area contributed by atoms with Crippen LogP contribution in [0.1, 0.15) is 58.2 Å². The highest BCUT2D eigenvalue weighted by molar-refractivity contribution is 5.91. The first-order valence-corrected chi connectivity index (χ1v) is 12.5. The van der Waals surface area contributed by atoms with Gasteiger partial charge in [-0.25, -0.2) is 9.59 Å². The van der Waals surface area contributed by atoms with E-state index in [1.54, 1.807) is 24.3 Å². The minimum Gasteiger partial charge on any atom is -0.461 e. The van der Waals surface area contributed by atoms with E-state index in [-0.39, 0.29) is 18.6 Å². The molecule has 0 heterocycles. The molecule has 186 valence electrons. The highest BCUT2D eigenvalue weighted by Crippen LogP contribution is 2.52. The lowest BCUT2D eigenvalue weighted by Crippen LogP contribution is -2.38. The van der Waals surface area contributed by atoms with Gasteiger partial charge in [0.15, 0.2) is 0 Å². The third kappa shape index (κ3) is 4.55. The van der Waals surface area contributed by atoms with Gasteiger partial charge in [0.05, 0.1) is 16.5 Å². The molecule has 0 fully saturated rings. The predicted molar refractivity (Wildman–Crippen MR) is 145 cm³/mol. The van der Waals surface area contributed by atoms with Crippen LogP contribution in [0.15, 0.2) is 103 Å². The summed E-state index contributed by atoms with van der Waals surface area (Å²) in [7, 11) is 0. The van der Waals surface area contributed by atoms with Gasteiger partial charge in [-0.1, -0.05) is 99.6 Å². The Kier molecular flexibility index (Phi) is 6.43. The SMILES string of the molecule is CC(C)(C)c1cccc2c1-c1ccccc1C2(COC(=O)c1ccccc1)COC(=O)c1ccccc1. The summed E-state index contributed by atoms with van der Waals surface area (Å²) in [5, 5.41) is 0. The molecule has 4 aromatic carbocycles. The molecule has 0 atom stereocenters. The molecule has 0 saturated heterocycles. The van der Waals surface area contributed by atoms with Gasteiger partial charge in [-0.05, 0) is 57.5 Å². The van der Waals surface area contributed by atoms with Crippen molar-refractivity contribution in [3.63, 3.8) is 0 Å². The zero-order valence-corrected chi connectivity index (χ0v) is 21.4. The topological polar surface area (TPSA) is 52.6 Å². The number of carbonyl (C=O) groups is 2. The van der Waals surface area contributed by atoms with Crippen molar-refractivity contribution in [1.82, 2.24) is 0 Å². The average molecular weight is 491 g/mol. The molecule has 4 nitrogen and oxygen atoms in total. The van der Waals surface area contributed by atoms with Crippen molar-refractivity contribution in [2.24, 2.45) is 0 Å². The van der Waals surface area contributed by atoms with Crippen molar-refractivity contribution < 1.29 is 19.1 Å². The van der Waals surface area contributed by atoms with Crippen LogP contribution in [-0.4, -0.2) is 25.2 Å². The summed E-state index contributed by atoms with van der Waals surface area (Å²) in [5.41, 5.74) is 5.39. The second kappa shape index (κ2) is 9.70. The van der Waals surface area contributed by atoms with Gasteiger partial charge in [-0.3, -0.25) is 0 Å². The first-order chi connectivity index (χ1) is 17.8. The summed E-state index contributed by atoms with van der Waals surface area (Å²) in [6.45, 7) is 6.66. The van der Waals surface area contributed by atoms with Gasteiger partial charge in [-0.15, -0.1) is 0 Å². The van der Waals surface area contributed by atoms with Crippen LogP contribution >= 0.6 is 0 Å². The van der Waals surface area contributed by atoms with Crippen LogP contribution < -0.4 is 0 Å². The second-order valence-corrected chi connectivity index (χ2v) is 10.5. The number of ether oxygens (including phenoxy) is 2. The molecule has 5 rings (SSSR count). The van der Waals surface area contributed by atoms with Crippen LogP contribution in [-0.2, 0) is 20.3 Å². The molecule has 0 bridgehead atoms. The number of benzene rings is 4. The molecular weight excluding hydrogens is 460 g/mol. The van der Waals surface area contributed by atoms with Crippen molar-refractivity contribution in [2.75, 3.05) is 13.2 Å². The Morgan fingerprint density at radius 2 is 1.11 bits per heavy atom. The fraction of sp³-hybridized carbons (Fsp3) is 0.212. The highest BCUT2D eigenvalue weighted by atomic mass is 16.5. The Hall–Kier alpha value is -4.18. The van der Waals surface area contributed by atoms with Crippen LogP contribution in [0.3, 0.4) is 0 Å². The molecule has 0 radical (unpaired) electrons. The van der Waals surface area contributed by atoms with E-state index in [9.17, 15) is 9.59 Å². The van der Waals surface area contributed by atoms with Gasteiger partial charge in [0.1, 0.15) is 13.2 Å². The first kappa shape index (κ1) is 24.5. The molecule has 0 spiro atoms. The van der Waals surface area contributed by atoms with Crippen LogP contribution in [0.25, 0.3) is 11.1 Å². The van der Waals surface area contributed by atoms with Crippen molar-refractivity contribution in [1.29, 1.82) is 0 Å². The number of carbonyl (C=O) groups excluding carboxylic acids is 2. The monoisotopic (exact) mass is 490 g/mol. The highest BCUT2D eigenvalue weighted by Gasteiger charge is 2.47. The minimum atomic E-state index is -0.845. The summed E-state index contributed by atoms with van der Waals surface area (Å²) in [4.78, 5) is 26.0. The Balaban J connectivity index is 1.60. The molecule has 1 aliphatic rings. The van der Waals surface area contributed by atoms with E-state index >= 15 is 0 Å². The third-order valence-electron chi connectivity index (χ3n) is 7.02. The zero-order chi connectivity index (χ0) is 26.0. The summed E-state index contributed by atoms with van der Waals surface area (Å²) < 4.78 is 11.9. The Labute approximate surface area is 217 Å². The second-order valence-electron chi connectivity index (χ2n) is 10.5. The maximum Gasteiger partial charge on any atom is 0.338 e. The molecule has 0 unspecified atom stereocenters. The third-order valence-corrected chi connectivity index (χ3v) is 7.02. The van der Waals surface area contributed by atoms with E-state index in [0.29, 0.717) is 11.1 Å². The lowest BCUT2D eigenvalue weighted by molar-refractivity contribution is 0.0247. The Morgan fingerprint density at radius 3 is 1.65 bits per heavy atom. The predicted octanol–water partition coefficient (Wildman–Crippen LogP) is 6.96. The molecular formula is C33H30O4. The normalized spacial score (nSPS) is 13.4. The van der Waals surface area contributed by atoms with E-state index in [4.69, 9.17) is 9.47 Å². The molecule has 0 aliphatic heterocycles. The van der Waals surface area contributed by atoms with Gasteiger partial charge in [0, 0.05) is 0 Å². The lowest BCUT2D eigenvalue weighted by Gasteiger charge is -2.31. The lowest BCUT2D eigenvalue weighted by atomic mass is 9.77.